The Balaban J connectivity index is 1.72. The summed E-state index contributed by atoms with van der Waals surface area (Å²) >= 11 is 5.64. The Labute approximate surface area is 137 Å². The predicted octanol–water partition coefficient (Wildman–Crippen LogP) is 2.80. The van der Waals surface area contributed by atoms with Crippen molar-refractivity contribution in [3.05, 3.63) is 65.8 Å². The normalized spacial score (nSPS) is 10.5. The molecule has 1 N–H and O–H groups in total. The number of carbonyl (C=O) groups is 1. The van der Waals surface area contributed by atoms with Gasteiger partial charge in [0.25, 0.3) is 5.91 Å². The highest BCUT2D eigenvalue weighted by Crippen LogP contribution is 2.18. The van der Waals surface area contributed by atoms with Crippen LogP contribution in [0.2, 0.25) is 0 Å². The van der Waals surface area contributed by atoms with Gasteiger partial charge in [-0.1, -0.05) is 23.4 Å². The van der Waals surface area contributed by atoms with Gasteiger partial charge in [0.2, 0.25) is 11.7 Å². The standard InChI is InChI=1S/C16H13ClN4O2/c17-9-14-20-15(21-23-14)11-4-3-5-12(8-11)16(22)19-10-13-6-1-2-7-18-13/h1-8H,9-10H2,(H,19,22). The molecular weight excluding hydrogens is 316 g/mol. The molecule has 6 nitrogen and oxygen atoms in total. The smallest absolute Gasteiger partial charge is 0.251 e. The highest BCUT2D eigenvalue weighted by molar-refractivity contribution is 6.16. The van der Waals surface area contributed by atoms with Gasteiger partial charge < -0.3 is 9.84 Å². The van der Waals surface area contributed by atoms with E-state index in [0.717, 1.165) is 5.69 Å². The van der Waals surface area contributed by atoms with Crippen molar-refractivity contribution >= 4 is 17.5 Å². The van der Waals surface area contributed by atoms with Crippen molar-refractivity contribution in [1.82, 2.24) is 20.4 Å². The van der Waals surface area contributed by atoms with E-state index >= 15 is 0 Å². The quantitative estimate of drug-likeness (QED) is 0.728. The summed E-state index contributed by atoms with van der Waals surface area (Å²) in [6.07, 6.45) is 1.69. The summed E-state index contributed by atoms with van der Waals surface area (Å²) in [6, 6.07) is 12.6. The molecule has 23 heavy (non-hydrogen) atoms. The average molecular weight is 329 g/mol. The van der Waals surface area contributed by atoms with E-state index in [4.69, 9.17) is 16.1 Å². The van der Waals surface area contributed by atoms with Crippen LogP contribution in [0.1, 0.15) is 21.9 Å². The van der Waals surface area contributed by atoms with Gasteiger partial charge in [-0.2, -0.15) is 4.98 Å². The Morgan fingerprint density at radius 1 is 1.22 bits per heavy atom. The molecule has 0 atom stereocenters. The SMILES string of the molecule is O=C(NCc1ccccn1)c1cccc(-c2noc(CCl)n2)c1. The third kappa shape index (κ3) is 3.73. The largest absolute Gasteiger partial charge is 0.346 e. The van der Waals surface area contributed by atoms with Crippen LogP contribution in [0.5, 0.6) is 0 Å². The molecule has 116 valence electrons. The number of pyridine rings is 1. The molecule has 0 saturated carbocycles. The predicted molar refractivity (Wildman–Crippen MR) is 84.7 cm³/mol. The minimum atomic E-state index is -0.196. The number of alkyl halides is 1. The molecule has 0 saturated heterocycles. The summed E-state index contributed by atoms with van der Waals surface area (Å²) in [6.45, 7) is 0.364. The molecule has 0 fully saturated rings. The lowest BCUT2D eigenvalue weighted by Gasteiger charge is -2.05. The lowest BCUT2D eigenvalue weighted by molar-refractivity contribution is 0.0950. The minimum Gasteiger partial charge on any atom is -0.346 e. The van der Waals surface area contributed by atoms with Gasteiger partial charge in [0.05, 0.1) is 12.2 Å². The Hall–Kier alpha value is -2.73. The van der Waals surface area contributed by atoms with E-state index in [1.165, 1.54) is 0 Å². The molecule has 3 rings (SSSR count). The highest BCUT2D eigenvalue weighted by atomic mass is 35.5. The van der Waals surface area contributed by atoms with Gasteiger partial charge in [-0.25, -0.2) is 0 Å². The Morgan fingerprint density at radius 2 is 2.13 bits per heavy atom. The highest BCUT2D eigenvalue weighted by Gasteiger charge is 2.11. The Bertz CT molecular complexity index is 805. The van der Waals surface area contributed by atoms with E-state index < -0.39 is 0 Å². The number of benzene rings is 1. The number of halogens is 1. The van der Waals surface area contributed by atoms with Crippen LogP contribution in [-0.2, 0) is 12.4 Å². The summed E-state index contributed by atoms with van der Waals surface area (Å²) < 4.78 is 4.97. The Kier molecular flexibility index (Phi) is 4.63. The molecule has 1 aromatic carbocycles. The van der Waals surface area contributed by atoms with Crippen LogP contribution in [0.3, 0.4) is 0 Å². The van der Waals surface area contributed by atoms with Gasteiger partial charge in [0, 0.05) is 17.3 Å². The summed E-state index contributed by atoms with van der Waals surface area (Å²) in [5.74, 6) is 0.697. The van der Waals surface area contributed by atoms with Crippen molar-refractivity contribution in [2.45, 2.75) is 12.4 Å². The fraction of sp³-hybridized carbons (Fsp3) is 0.125. The lowest BCUT2D eigenvalue weighted by Crippen LogP contribution is -2.23. The second-order valence-electron chi connectivity index (χ2n) is 4.73. The minimum absolute atomic E-state index is 0.150. The van der Waals surface area contributed by atoms with E-state index in [1.54, 1.807) is 30.5 Å². The zero-order chi connectivity index (χ0) is 16.1. The number of carbonyl (C=O) groups excluding carboxylic acids is 1. The van der Waals surface area contributed by atoms with Gasteiger partial charge in [-0.3, -0.25) is 9.78 Å². The topological polar surface area (TPSA) is 80.9 Å². The zero-order valence-electron chi connectivity index (χ0n) is 12.1. The molecule has 2 heterocycles. The molecule has 0 aliphatic carbocycles. The second kappa shape index (κ2) is 7.02. The Morgan fingerprint density at radius 3 is 2.87 bits per heavy atom. The first-order chi connectivity index (χ1) is 11.3. The third-order valence-electron chi connectivity index (χ3n) is 3.12. The van der Waals surface area contributed by atoms with Crippen LogP contribution in [0.25, 0.3) is 11.4 Å². The maximum atomic E-state index is 12.2. The van der Waals surface area contributed by atoms with Crippen LogP contribution in [0, 0.1) is 0 Å². The number of aromatic nitrogens is 3. The molecule has 0 radical (unpaired) electrons. The number of nitrogens with one attached hydrogen (secondary N) is 1. The van der Waals surface area contributed by atoms with Gasteiger partial charge in [-0.15, -0.1) is 11.6 Å². The van der Waals surface area contributed by atoms with E-state index in [-0.39, 0.29) is 11.8 Å². The number of rotatable bonds is 5. The van der Waals surface area contributed by atoms with Crippen molar-refractivity contribution in [3.63, 3.8) is 0 Å². The van der Waals surface area contributed by atoms with Crippen molar-refractivity contribution in [1.29, 1.82) is 0 Å². The van der Waals surface area contributed by atoms with Gasteiger partial charge in [0.1, 0.15) is 5.88 Å². The fourth-order valence-electron chi connectivity index (χ4n) is 2.00. The van der Waals surface area contributed by atoms with Gasteiger partial charge in [-0.05, 0) is 24.3 Å². The molecule has 2 aromatic heterocycles. The molecule has 0 bridgehead atoms. The number of amides is 1. The molecule has 7 heteroatoms. The van der Waals surface area contributed by atoms with Gasteiger partial charge in [0.15, 0.2) is 0 Å². The first-order valence-corrected chi connectivity index (χ1v) is 7.47. The zero-order valence-corrected chi connectivity index (χ0v) is 12.8. The monoisotopic (exact) mass is 328 g/mol. The molecular formula is C16H13ClN4O2. The van der Waals surface area contributed by atoms with E-state index in [9.17, 15) is 4.79 Å². The molecule has 3 aromatic rings. The molecule has 0 aliphatic heterocycles. The van der Waals surface area contributed by atoms with Crippen LogP contribution < -0.4 is 5.32 Å². The first kappa shape index (κ1) is 15.2. The first-order valence-electron chi connectivity index (χ1n) is 6.93. The van der Waals surface area contributed by atoms with Crippen LogP contribution in [-0.4, -0.2) is 21.0 Å². The maximum absolute atomic E-state index is 12.2. The fourth-order valence-corrected chi connectivity index (χ4v) is 2.11. The molecule has 0 unspecified atom stereocenters. The van der Waals surface area contributed by atoms with Crippen LogP contribution in [0.4, 0.5) is 0 Å². The second-order valence-corrected chi connectivity index (χ2v) is 5.00. The van der Waals surface area contributed by atoms with E-state index in [0.29, 0.717) is 29.4 Å². The molecule has 0 spiro atoms. The van der Waals surface area contributed by atoms with Crippen molar-refractivity contribution < 1.29 is 9.32 Å². The lowest BCUT2D eigenvalue weighted by atomic mass is 10.1. The van der Waals surface area contributed by atoms with Crippen molar-refractivity contribution in [2.75, 3.05) is 0 Å². The summed E-state index contributed by atoms with van der Waals surface area (Å²) in [7, 11) is 0. The number of nitrogens with zero attached hydrogens (tertiary/aromatic N) is 3. The van der Waals surface area contributed by atoms with Crippen molar-refractivity contribution in [2.24, 2.45) is 0 Å². The van der Waals surface area contributed by atoms with Crippen LogP contribution in [0.15, 0.2) is 53.2 Å². The maximum Gasteiger partial charge on any atom is 0.251 e. The number of hydrogen-bond donors (Lipinski definition) is 1. The molecule has 0 aliphatic rings. The molecule has 1 amide bonds. The van der Waals surface area contributed by atoms with Gasteiger partial charge >= 0.3 is 0 Å². The third-order valence-corrected chi connectivity index (χ3v) is 3.35. The van der Waals surface area contributed by atoms with E-state index in [2.05, 4.69) is 20.4 Å². The summed E-state index contributed by atoms with van der Waals surface area (Å²) in [5, 5.41) is 6.66. The summed E-state index contributed by atoms with van der Waals surface area (Å²) in [4.78, 5) is 20.5. The number of hydrogen-bond acceptors (Lipinski definition) is 5. The van der Waals surface area contributed by atoms with Crippen LogP contribution >= 0.6 is 11.6 Å². The van der Waals surface area contributed by atoms with E-state index in [1.807, 2.05) is 18.2 Å². The van der Waals surface area contributed by atoms with Crippen molar-refractivity contribution in [3.8, 4) is 11.4 Å². The summed E-state index contributed by atoms with van der Waals surface area (Å²) in [5.41, 5.74) is 1.99. The average Bonchev–Trinajstić information content (AvgIpc) is 3.10.